The molecule has 0 fully saturated rings. The normalized spacial score (nSPS) is 12.1. The number of aryl methyl sites for hydroxylation is 2. The minimum atomic E-state index is -0.445. The lowest BCUT2D eigenvalue weighted by atomic mass is 10.1. The van der Waals surface area contributed by atoms with Gasteiger partial charge in [0.2, 0.25) is 0 Å². The van der Waals surface area contributed by atoms with Gasteiger partial charge >= 0.3 is 5.97 Å². The minimum absolute atomic E-state index is 0.264. The lowest BCUT2D eigenvalue weighted by Crippen LogP contribution is -2.40. The molecule has 0 radical (unpaired) electrons. The minimum Gasteiger partial charge on any atom is -0.491 e. The van der Waals surface area contributed by atoms with Crippen molar-refractivity contribution in [3.8, 4) is 5.75 Å². The zero-order valence-corrected chi connectivity index (χ0v) is 12.4. The molecule has 4 nitrogen and oxygen atoms in total. The maximum absolute atomic E-state index is 11.7. The van der Waals surface area contributed by atoms with E-state index in [1.807, 2.05) is 26.8 Å². The van der Waals surface area contributed by atoms with Gasteiger partial charge in [0.25, 0.3) is 0 Å². The summed E-state index contributed by atoms with van der Waals surface area (Å²) in [6.45, 7) is 8.50. The Morgan fingerprint density at radius 2 is 1.89 bits per heavy atom. The second kappa shape index (κ2) is 7.14. The largest absolute Gasteiger partial charge is 0.491 e. The molecule has 1 N–H and O–H groups in total. The Balaban J connectivity index is 2.75. The fourth-order valence-corrected chi connectivity index (χ4v) is 1.83. The topological polar surface area (TPSA) is 47.6 Å². The van der Waals surface area contributed by atoms with Crippen molar-refractivity contribution in [1.82, 2.24) is 5.32 Å². The van der Waals surface area contributed by atoms with Crippen LogP contribution in [0.4, 0.5) is 0 Å². The van der Waals surface area contributed by atoms with Gasteiger partial charge in [0.15, 0.2) is 0 Å². The summed E-state index contributed by atoms with van der Waals surface area (Å²) < 4.78 is 10.8. The van der Waals surface area contributed by atoms with Gasteiger partial charge in [-0.05, 0) is 51.4 Å². The van der Waals surface area contributed by atoms with Crippen LogP contribution in [0.5, 0.6) is 5.75 Å². The van der Waals surface area contributed by atoms with E-state index in [4.69, 9.17) is 9.47 Å². The van der Waals surface area contributed by atoms with Crippen LogP contribution in [0, 0.1) is 20.8 Å². The van der Waals surface area contributed by atoms with E-state index in [-0.39, 0.29) is 12.6 Å². The highest BCUT2D eigenvalue weighted by Gasteiger charge is 2.19. The Labute approximate surface area is 115 Å². The molecule has 1 aromatic rings. The molecule has 0 aromatic heterocycles. The van der Waals surface area contributed by atoms with E-state index in [2.05, 4.69) is 11.4 Å². The van der Waals surface area contributed by atoms with Crippen molar-refractivity contribution < 1.29 is 14.3 Å². The lowest BCUT2D eigenvalue weighted by Gasteiger charge is -2.18. The second-order valence-corrected chi connectivity index (χ2v) is 4.56. The van der Waals surface area contributed by atoms with Crippen molar-refractivity contribution >= 4 is 5.97 Å². The number of benzene rings is 1. The number of rotatable bonds is 6. The summed E-state index contributed by atoms with van der Waals surface area (Å²) in [5.41, 5.74) is 3.36. The van der Waals surface area contributed by atoms with Crippen LogP contribution in [-0.2, 0) is 9.53 Å². The van der Waals surface area contributed by atoms with Gasteiger partial charge in [-0.15, -0.1) is 0 Å². The van der Waals surface area contributed by atoms with Gasteiger partial charge in [-0.3, -0.25) is 4.79 Å². The molecule has 0 aliphatic carbocycles. The van der Waals surface area contributed by atoms with E-state index in [1.54, 1.807) is 14.0 Å². The first-order valence-electron chi connectivity index (χ1n) is 6.54. The maximum Gasteiger partial charge on any atom is 0.326 e. The first-order valence-corrected chi connectivity index (χ1v) is 6.54. The molecule has 1 atom stereocenters. The molecule has 1 rings (SSSR count). The Morgan fingerprint density at radius 3 is 2.47 bits per heavy atom. The van der Waals surface area contributed by atoms with Crippen LogP contribution in [0.15, 0.2) is 12.1 Å². The van der Waals surface area contributed by atoms with Gasteiger partial charge in [0.1, 0.15) is 18.4 Å². The average molecular weight is 265 g/mol. The summed E-state index contributed by atoms with van der Waals surface area (Å²) in [6, 6.07) is 3.65. The fourth-order valence-electron chi connectivity index (χ4n) is 1.83. The number of ether oxygens (including phenoxy) is 2. The number of hydrogen-bond acceptors (Lipinski definition) is 4. The van der Waals surface area contributed by atoms with Crippen molar-refractivity contribution in [1.29, 1.82) is 0 Å². The third kappa shape index (κ3) is 3.96. The summed E-state index contributed by atoms with van der Waals surface area (Å²) >= 11 is 0. The van der Waals surface area contributed by atoms with Crippen molar-refractivity contribution in [2.45, 2.75) is 33.7 Å². The van der Waals surface area contributed by atoms with Crippen molar-refractivity contribution in [2.75, 3.05) is 20.3 Å². The van der Waals surface area contributed by atoms with Crippen molar-refractivity contribution in [3.05, 3.63) is 28.8 Å². The maximum atomic E-state index is 11.7. The summed E-state index contributed by atoms with van der Waals surface area (Å²) in [6.07, 6.45) is 0. The van der Waals surface area contributed by atoms with E-state index < -0.39 is 6.04 Å². The smallest absolute Gasteiger partial charge is 0.326 e. The third-order valence-corrected chi connectivity index (χ3v) is 3.19. The van der Waals surface area contributed by atoms with Gasteiger partial charge in [-0.25, -0.2) is 0 Å². The van der Waals surface area contributed by atoms with Crippen molar-refractivity contribution in [2.24, 2.45) is 0 Å². The van der Waals surface area contributed by atoms with E-state index in [1.165, 1.54) is 5.56 Å². The first kappa shape index (κ1) is 15.5. The van der Waals surface area contributed by atoms with Gasteiger partial charge in [-0.2, -0.15) is 0 Å². The summed E-state index contributed by atoms with van der Waals surface area (Å²) in [7, 11) is 1.72. The molecule has 0 amide bonds. The summed E-state index contributed by atoms with van der Waals surface area (Å²) in [5.74, 6) is 0.567. The molecule has 0 aliphatic heterocycles. The van der Waals surface area contributed by atoms with Crippen LogP contribution in [0.2, 0.25) is 0 Å². The molecule has 106 valence electrons. The van der Waals surface area contributed by atoms with E-state index in [0.29, 0.717) is 6.61 Å². The first-order chi connectivity index (χ1) is 9.01. The lowest BCUT2D eigenvalue weighted by molar-refractivity contribution is -0.146. The number of likely N-dealkylation sites (N-methyl/N-ethyl adjacent to an activating group) is 1. The van der Waals surface area contributed by atoms with Crippen LogP contribution in [0.25, 0.3) is 0 Å². The summed E-state index contributed by atoms with van der Waals surface area (Å²) in [4.78, 5) is 11.7. The molecule has 4 heteroatoms. The monoisotopic (exact) mass is 265 g/mol. The predicted molar refractivity (Wildman–Crippen MR) is 75.6 cm³/mol. The van der Waals surface area contributed by atoms with Gasteiger partial charge in [0.05, 0.1) is 6.61 Å². The average Bonchev–Trinajstić information content (AvgIpc) is 2.38. The molecular weight excluding hydrogens is 242 g/mol. The zero-order valence-electron chi connectivity index (χ0n) is 12.4. The van der Waals surface area contributed by atoms with Crippen LogP contribution >= 0.6 is 0 Å². The van der Waals surface area contributed by atoms with E-state index >= 15 is 0 Å². The molecule has 19 heavy (non-hydrogen) atoms. The zero-order chi connectivity index (χ0) is 14.4. The Bertz CT molecular complexity index is 443. The number of carbonyl (C=O) groups excluding carboxylic acids is 1. The fraction of sp³-hybridized carbons (Fsp3) is 0.533. The van der Waals surface area contributed by atoms with E-state index in [0.717, 1.165) is 16.9 Å². The van der Waals surface area contributed by atoms with Gasteiger partial charge < -0.3 is 14.8 Å². The van der Waals surface area contributed by atoms with Crippen LogP contribution in [0.3, 0.4) is 0 Å². The quantitative estimate of drug-likeness (QED) is 0.801. The second-order valence-electron chi connectivity index (χ2n) is 4.56. The Kier molecular flexibility index (Phi) is 5.83. The SMILES string of the molecule is CCOC(=O)C(COc1c(C)ccc(C)c1C)NC. The third-order valence-electron chi connectivity index (χ3n) is 3.19. The number of nitrogens with one attached hydrogen (secondary N) is 1. The van der Waals surface area contributed by atoms with E-state index in [9.17, 15) is 4.79 Å². The highest BCUT2D eigenvalue weighted by atomic mass is 16.5. The van der Waals surface area contributed by atoms with Crippen LogP contribution in [0.1, 0.15) is 23.6 Å². The highest BCUT2D eigenvalue weighted by molar-refractivity contribution is 5.75. The molecule has 1 aromatic carbocycles. The Hall–Kier alpha value is -1.55. The number of esters is 1. The molecule has 0 spiro atoms. The molecular formula is C15H23NO3. The number of hydrogen-bond donors (Lipinski definition) is 1. The van der Waals surface area contributed by atoms with Crippen LogP contribution < -0.4 is 10.1 Å². The molecule has 0 saturated heterocycles. The van der Waals surface area contributed by atoms with Gasteiger partial charge in [0, 0.05) is 0 Å². The van der Waals surface area contributed by atoms with Gasteiger partial charge in [-0.1, -0.05) is 12.1 Å². The van der Waals surface area contributed by atoms with Crippen LogP contribution in [-0.4, -0.2) is 32.3 Å². The number of carbonyl (C=O) groups is 1. The van der Waals surface area contributed by atoms with Crippen molar-refractivity contribution in [3.63, 3.8) is 0 Å². The molecule has 1 unspecified atom stereocenters. The summed E-state index contributed by atoms with van der Waals surface area (Å²) in [5, 5.41) is 2.91. The highest BCUT2D eigenvalue weighted by Crippen LogP contribution is 2.25. The molecule has 0 aliphatic rings. The predicted octanol–water partition coefficient (Wildman–Crippen LogP) is 2.14. The molecule has 0 bridgehead atoms. The standard InChI is InChI=1S/C15H23NO3/c1-6-18-15(17)13(16-5)9-19-14-11(3)8-7-10(2)12(14)4/h7-8,13,16H,6,9H2,1-5H3. The Morgan fingerprint density at radius 1 is 1.26 bits per heavy atom. The molecule has 0 saturated carbocycles. The molecule has 0 heterocycles.